The molecule has 2 aromatic rings. The molecule has 0 aromatic heterocycles. The van der Waals surface area contributed by atoms with E-state index in [-0.39, 0.29) is 11.5 Å². The number of rotatable bonds is 2. The van der Waals surface area contributed by atoms with Crippen LogP contribution in [0.25, 0.3) is 11.1 Å². The van der Waals surface area contributed by atoms with Crippen LogP contribution in [0.15, 0.2) is 47.5 Å². The summed E-state index contributed by atoms with van der Waals surface area (Å²) in [5.41, 5.74) is 11.3. The highest BCUT2D eigenvalue weighted by Crippen LogP contribution is 2.23. The van der Waals surface area contributed by atoms with Gasteiger partial charge in [-0.3, -0.25) is 9.35 Å². The first-order chi connectivity index (χ1) is 11.5. The Balaban J connectivity index is 0.000000550. The van der Waals surface area contributed by atoms with E-state index in [4.69, 9.17) is 16.0 Å². The van der Waals surface area contributed by atoms with Crippen LogP contribution in [0.1, 0.15) is 10.4 Å². The number of hydrogen-bond donors (Lipinski definition) is 3. The molecule has 134 valence electrons. The van der Waals surface area contributed by atoms with Gasteiger partial charge in [0, 0.05) is 11.6 Å². The van der Waals surface area contributed by atoms with Crippen LogP contribution in [0.3, 0.4) is 0 Å². The van der Waals surface area contributed by atoms with Gasteiger partial charge in [0.2, 0.25) is 0 Å². The van der Waals surface area contributed by atoms with Gasteiger partial charge in [-0.05, 0) is 35.4 Å². The lowest BCUT2D eigenvalue weighted by molar-refractivity contribution is 0.100. The summed E-state index contributed by atoms with van der Waals surface area (Å²) in [7, 11) is -3.67. The number of nitrogens with zero attached hydrogens (tertiary/aromatic N) is 1. The molecule has 0 bridgehead atoms. The predicted octanol–water partition coefficient (Wildman–Crippen LogP) is 1.55. The first kappa shape index (κ1) is 20.2. The molecule has 0 aliphatic carbocycles. The highest BCUT2D eigenvalue weighted by atomic mass is 32.2. The lowest BCUT2D eigenvalue weighted by atomic mass is 10.0. The monoisotopic (exact) mass is 371 g/mol. The summed E-state index contributed by atoms with van der Waals surface area (Å²) in [5.74, 6) is -2.36. The molecule has 2 aromatic carbocycles. The molecule has 7 nitrogen and oxygen atoms in total. The van der Waals surface area contributed by atoms with Crippen molar-refractivity contribution in [1.29, 1.82) is 0 Å². The highest BCUT2D eigenvalue weighted by molar-refractivity contribution is 7.85. The summed E-state index contributed by atoms with van der Waals surface area (Å²) in [4.78, 5) is 15.1. The maximum absolute atomic E-state index is 13.2. The van der Waals surface area contributed by atoms with E-state index in [9.17, 15) is 22.0 Å². The quantitative estimate of drug-likeness (QED) is 0.416. The van der Waals surface area contributed by atoms with Crippen LogP contribution in [-0.4, -0.2) is 31.1 Å². The number of hydrogen-bond acceptors (Lipinski definition) is 3. The number of amides is 1. The van der Waals surface area contributed by atoms with Gasteiger partial charge in [-0.2, -0.15) is 13.4 Å². The van der Waals surface area contributed by atoms with Crippen molar-refractivity contribution in [2.75, 3.05) is 6.26 Å². The fourth-order valence-electron chi connectivity index (χ4n) is 1.73. The molecule has 5 N–H and O–H groups in total. The van der Waals surface area contributed by atoms with Crippen LogP contribution >= 0.6 is 0 Å². The molecule has 0 fully saturated rings. The average Bonchev–Trinajstić information content (AvgIpc) is 2.44. The highest BCUT2D eigenvalue weighted by Gasteiger charge is 2.08. The molecule has 0 aliphatic rings. The normalized spacial score (nSPS) is 10.4. The molecule has 0 saturated heterocycles. The second-order valence-electron chi connectivity index (χ2n) is 4.81. The molecule has 0 saturated carbocycles. The lowest BCUT2D eigenvalue weighted by Gasteiger charge is -2.04. The largest absolute Gasteiger partial charge is 0.370 e. The van der Waals surface area contributed by atoms with Gasteiger partial charge in [-0.1, -0.05) is 12.1 Å². The zero-order valence-corrected chi connectivity index (χ0v) is 13.8. The summed E-state index contributed by atoms with van der Waals surface area (Å²) >= 11 is 0. The summed E-state index contributed by atoms with van der Waals surface area (Å²) in [6.07, 6.45) is 0.715. The summed E-state index contributed by atoms with van der Waals surface area (Å²) in [5, 5.41) is 0. The van der Waals surface area contributed by atoms with Crippen molar-refractivity contribution in [3.8, 4) is 11.1 Å². The average molecular weight is 371 g/mol. The van der Waals surface area contributed by atoms with Crippen molar-refractivity contribution in [2.24, 2.45) is 16.5 Å². The van der Waals surface area contributed by atoms with Crippen LogP contribution < -0.4 is 11.5 Å². The van der Waals surface area contributed by atoms with E-state index >= 15 is 0 Å². The molecular weight excluding hydrogens is 356 g/mol. The maximum Gasteiger partial charge on any atom is 0.280 e. The molecular formula is C15H15F2N3O4S. The van der Waals surface area contributed by atoms with E-state index in [0.717, 1.165) is 6.07 Å². The smallest absolute Gasteiger partial charge is 0.280 e. The molecule has 0 aliphatic heterocycles. The Morgan fingerprint density at radius 1 is 1.04 bits per heavy atom. The molecule has 1 amide bonds. The third-order valence-electron chi connectivity index (χ3n) is 2.54. The third kappa shape index (κ3) is 7.99. The van der Waals surface area contributed by atoms with E-state index in [1.807, 2.05) is 0 Å². The van der Waals surface area contributed by atoms with Crippen LogP contribution in [-0.2, 0) is 10.1 Å². The van der Waals surface area contributed by atoms with Crippen molar-refractivity contribution in [1.82, 2.24) is 0 Å². The van der Waals surface area contributed by atoms with Gasteiger partial charge < -0.3 is 11.5 Å². The van der Waals surface area contributed by atoms with Gasteiger partial charge in [-0.15, -0.1) is 0 Å². The van der Waals surface area contributed by atoms with Crippen LogP contribution in [0, 0.1) is 11.6 Å². The van der Waals surface area contributed by atoms with E-state index in [1.165, 1.54) is 24.3 Å². The molecule has 10 heteroatoms. The Labute approximate surface area is 142 Å². The van der Waals surface area contributed by atoms with Crippen molar-refractivity contribution >= 4 is 22.0 Å². The van der Waals surface area contributed by atoms with Crippen molar-refractivity contribution < 1.29 is 26.5 Å². The zero-order chi connectivity index (χ0) is 19.2. The van der Waals surface area contributed by atoms with Crippen LogP contribution in [0.2, 0.25) is 0 Å². The Morgan fingerprint density at radius 2 is 1.56 bits per heavy atom. The number of halogens is 2. The van der Waals surface area contributed by atoms with Crippen molar-refractivity contribution in [2.45, 2.75) is 0 Å². The number of aliphatic imine (C=N–C) groups is 1. The number of carbonyl (C=O) groups excluding carboxylic acids is 1. The minimum absolute atomic E-state index is 0.223. The van der Waals surface area contributed by atoms with Gasteiger partial charge in [0.05, 0.1) is 6.26 Å². The molecule has 0 spiro atoms. The van der Waals surface area contributed by atoms with Crippen LogP contribution in [0.5, 0.6) is 0 Å². The minimum Gasteiger partial charge on any atom is -0.370 e. The first-order valence-electron chi connectivity index (χ1n) is 6.58. The Morgan fingerprint density at radius 3 is 2.04 bits per heavy atom. The van der Waals surface area contributed by atoms with Crippen molar-refractivity contribution in [3.05, 3.63) is 59.7 Å². The minimum atomic E-state index is -3.67. The van der Waals surface area contributed by atoms with Gasteiger partial charge in [-0.25, -0.2) is 8.78 Å². The fraction of sp³-hybridized carbons (Fsp3) is 0.0667. The fourth-order valence-corrected chi connectivity index (χ4v) is 1.73. The van der Waals surface area contributed by atoms with E-state index in [1.54, 1.807) is 12.1 Å². The molecule has 0 heterocycles. The van der Waals surface area contributed by atoms with Gasteiger partial charge in [0.25, 0.3) is 16.0 Å². The Bertz CT molecular complexity index is 882. The topological polar surface area (TPSA) is 136 Å². The second kappa shape index (κ2) is 8.31. The molecule has 25 heavy (non-hydrogen) atoms. The molecule has 2 rings (SSSR count). The second-order valence-corrected chi connectivity index (χ2v) is 6.28. The third-order valence-corrected chi connectivity index (χ3v) is 2.54. The van der Waals surface area contributed by atoms with E-state index in [2.05, 4.69) is 4.99 Å². The van der Waals surface area contributed by atoms with E-state index in [0.29, 0.717) is 17.4 Å². The Kier molecular flexibility index (Phi) is 6.71. The maximum atomic E-state index is 13.2. The summed E-state index contributed by atoms with van der Waals surface area (Å²) in [6.45, 7) is 0. The number of nitrogens with two attached hydrogens (primary N) is 2. The first-order valence-corrected chi connectivity index (χ1v) is 8.43. The molecule has 0 unspecified atom stereocenters. The van der Waals surface area contributed by atoms with Gasteiger partial charge >= 0.3 is 0 Å². The Hall–Kier alpha value is -2.85. The van der Waals surface area contributed by atoms with Gasteiger partial charge in [0.15, 0.2) is 5.96 Å². The SMILES string of the molecule is CS(=O)(=O)O.NC(N)=NC(=O)c1cccc(-c2cc(F)cc(F)c2)c1. The molecule has 0 radical (unpaired) electrons. The number of guanidine groups is 1. The lowest BCUT2D eigenvalue weighted by Crippen LogP contribution is -2.24. The zero-order valence-electron chi connectivity index (χ0n) is 13.0. The predicted molar refractivity (Wildman–Crippen MR) is 89.4 cm³/mol. The van der Waals surface area contributed by atoms with Crippen LogP contribution in [0.4, 0.5) is 8.78 Å². The van der Waals surface area contributed by atoms with Gasteiger partial charge in [0.1, 0.15) is 11.6 Å². The summed E-state index contributed by atoms with van der Waals surface area (Å²) < 4.78 is 52.2. The number of benzene rings is 2. The van der Waals surface area contributed by atoms with E-state index < -0.39 is 27.7 Å². The van der Waals surface area contributed by atoms with Crippen molar-refractivity contribution in [3.63, 3.8) is 0 Å². The molecule has 0 atom stereocenters. The standard InChI is InChI=1S/C14H11F2N3O.CH4O3S/c15-11-5-10(6-12(16)7-11)8-2-1-3-9(4-8)13(20)19-14(17)18;1-5(2,3)4/h1-7H,(H4,17,18,19,20);1H3,(H,2,3,4). The number of carbonyl (C=O) groups is 1. The summed E-state index contributed by atoms with van der Waals surface area (Å²) in [6, 6.07) is 9.30.